The summed E-state index contributed by atoms with van der Waals surface area (Å²) in [6.45, 7) is 0. The Balaban J connectivity index is 1.67. The molecule has 0 radical (unpaired) electrons. The predicted octanol–water partition coefficient (Wildman–Crippen LogP) is 4.18. The van der Waals surface area contributed by atoms with E-state index in [1.165, 1.54) is 23.1 Å². The highest BCUT2D eigenvalue weighted by Gasteiger charge is 2.08. The van der Waals surface area contributed by atoms with E-state index in [1.807, 2.05) is 42.5 Å². The van der Waals surface area contributed by atoms with Gasteiger partial charge in [0.05, 0.1) is 5.75 Å². The summed E-state index contributed by atoms with van der Waals surface area (Å²) in [4.78, 5) is 12.1. The molecule has 3 aromatic rings. The molecule has 2 aromatic carbocycles. The summed E-state index contributed by atoms with van der Waals surface area (Å²) in [6.07, 6.45) is 0. The fourth-order valence-electron chi connectivity index (χ4n) is 1.92. The molecule has 0 bridgehead atoms. The van der Waals surface area contributed by atoms with Crippen LogP contribution in [-0.4, -0.2) is 21.7 Å². The predicted molar refractivity (Wildman–Crippen MR) is 86.8 cm³/mol. The lowest BCUT2D eigenvalue weighted by Gasteiger charge is -2.03. The van der Waals surface area contributed by atoms with Crippen LogP contribution in [0.15, 0.2) is 64.4 Å². The lowest BCUT2D eigenvalue weighted by atomic mass is 10.0. The minimum Gasteiger partial charge on any atom is -0.293 e. The maximum absolute atomic E-state index is 12.1. The number of aromatic nitrogens is 2. The summed E-state index contributed by atoms with van der Waals surface area (Å²) in [5.74, 6) is 0.495. The third-order valence-electron chi connectivity index (χ3n) is 2.98. The average molecular weight is 312 g/mol. The van der Waals surface area contributed by atoms with Crippen molar-refractivity contribution in [2.24, 2.45) is 0 Å². The van der Waals surface area contributed by atoms with Crippen LogP contribution >= 0.6 is 23.1 Å². The van der Waals surface area contributed by atoms with Crippen molar-refractivity contribution in [3.63, 3.8) is 0 Å². The number of rotatable bonds is 5. The Morgan fingerprint density at radius 3 is 2.38 bits per heavy atom. The van der Waals surface area contributed by atoms with E-state index in [2.05, 4.69) is 22.3 Å². The topological polar surface area (TPSA) is 42.9 Å². The van der Waals surface area contributed by atoms with Gasteiger partial charge in [0.1, 0.15) is 5.51 Å². The highest BCUT2D eigenvalue weighted by atomic mass is 32.2. The number of carbonyl (C=O) groups excluding carboxylic acids is 1. The van der Waals surface area contributed by atoms with Crippen molar-refractivity contribution in [2.75, 3.05) is 5.75 Å². The van der Waals surface area contributed by atoms with E-state index < -0.39 is 0 Å². The van der Waals surface area contributed by atoms with Crippen LogP contribution in [0.4, 0.5) is 0 Å². The zero-order valence-corrected chi connectivity index (χ0v) is 12.7. The van der Waals surface area contributed by atoms with Gasteiger partial charge in [-0.3, -0.25) is 4.79 Å². The normalized spacial score (nSPS) is 10.5. The SMILES string of the molecule is O=C(CSc1nncs1)c1ccc(-c2ccccc2)cc1. The fraction of sp³-hybridized carbons (Fsp3) is 0.0625. The molecule has 3 rings (SSSR count). The highest BCUT2D eigenvalue weighted by Crippen LogP contribution is 2.22. The van der Waals surface area contributed by atoms with Gasteiger partial charge in [-0.05, 0) is 11.1 Å². The van der Waals surface area contributed by atoms with Crippen molar-refractivity contribution in [3.05, 3.63) is 65.7 Å². The summed E-state index contributed by atoms with van der Waals surface area (Å²) in [7, 11) is 0. The number of hydrogen-bond donors (Lipinski definition) is 0. The molecule has 0 aliphatic heterocycles. The minimum absolute atomic E-state index is 0.106. The molecule has 3 nitrogen and oxygen atoms in total. The molecule has 0 aliphatic carbocycles. The average Bonchev–Trinajstić information content (AvgIpc) is 3.07. The van der Waals surface area contributed by atoms with Gasteiger partial charge in [-0.2, -0.15) is 0 Å². The minimum atomic E-state index is 0.106. The van der Waals surface area contributed by atoms with Crippen LogP contribution in [0.25, 0.3) is 11.1 Å². The first-order valence-corrected chi connectivity index (χ1v) is 8.27. The van der Waals surface area contributed by atoms with Gasteiger partial charge in [-0.1, -0.05) is 77.7 Å². The molecule has 0 atom stereocenters. The number of Topliss-reactive ketones (excluding diaryl/α,β-unsaturated/α-hetero) is 1. The second-order valence-corrected chi connectivity index (χ2v) is 6.42. The summed E-state index contributed by atoms with van der Waals surface area (Å²) in [5, 5.41) is 7.67. The zero-order valence-electron chi connectivity index (χ0n) is 11.1. The molecule has 104 valence electrons. The van der Waals surface area contributed by atoms with Crippen LogP contribution in [0.5, 0.6) is 0 Å². The van der Waals surface area contributed by atoms with E-state index in [9.17, 15) is 4.79 Å². The van der Waals surface area contributed by atoms with E-state index in [4.69, 9.17) is 0 Å². The molecule has 0 N–H and O–H groups in total. The summed E-state index contributed by atoms with van der Waals surface area (Å²) in [6, 6.07) is 17.9. The Morgan fingerprint density at radius 1 is 1.00 bits per heavy atom. The number of thioether (sulfide) groups is 1. The van der Waals surface area contributed by atoms with E-state index in [1.54, 1.807) is 5.51 Å². The molecule has 5 heteroatoms. The maximum atomic E-state index is 12.1. The van der Waals surface area contributed by atoms with Crippen LogP contribution in [0, 0.1) is 0 Å². The second-order valence-electron chi connectivity index (χ2n) is 4.36. The second kappa shape index (κ2) is 6.65. The molecule has 1 heterocycles. The Kier molecular flexibility index (Phi) is 4.43. The number of carbonyl (C=O) groups is 1. The largest absolute Gasteiger partial charge is 0.293 e. The van der Waals surface area contributed by atoms with Gasteiger partial charge in [0.25, 0.3) is 0 Å². The third kappa shape index (κ3) is 3.56. The number of hydrogen-bond acceptors (Lipinski definition) is 5. The number of ketones is 1. The maximum Gasteiger partial charge on any atom is 0.174 e. The van der Waals surface area contributed by atoms with Crippen LogP contribution in [0.1, 0.15) is 10.4 Å². The van der Waals surface area contributed by atoms with Crippen molar-refractivity contribution in [2.45, 2.75) is 4.34 Å². The van der Waals surface area contributed by atoms with Gasteiger partial charge in [-0.15, -0.1) is 10.2 Å². The Hall–Kier alpha value is -1.98. The van der Waals surface area contributed by atoms with Gasteiger partial charge in [-0.25, -0.2) is 0 Å². The molecular weight excluding hydrogens is 300 g/mol. The Labute approximate surface area is 131 Å². The zero-order chi connectivity index (χ0) is 14.5. The van der Waals surface area contributed by atoms with Crippen molar-refractivity contribution >= 4 is 28.9 Å². The van der Waals surface area contributed by atoms with Crippen molar-refractivity contribution in [1.29, 1.82) is 0 Å². The standard InChI is InChI=1S/C16H12N2OS2/c19-15(10-20-16-18-17-11-21-16)14-8-6-13(7-9-14)12-4-2-1-3-5-12/h1-9,11H,10H2. The van der Waals surface area contributed by atoms with Crippen LogP contribution in [-0.2, 0) is 0 Å². The van der Waals surface area contributed by atoms with Crippen molar-refractivity contribution < 1.29 is 4.79 Å². The first kappa shape index (κ1) is 14.0. The van der Waals surface area contributed by atoms with Crippen LogP contribution in [0.2, 0.25) is 0 Å². The molecule has 0 saturated heterocycles. The Bertz CT molecular complexity index is 710. The lowest BCUT2D eigenvalue weighted by Crippen LogP contribution is -2.01. The first-order valence-electron chi connectivity index (χ1n) is 6.40. The van der Waals surface area contributed by atoms with Gasteiger partial charge >= 0.3 is 0 Å². The third-order valence-corrected chi connectivity index (χ3v) is 4.84. The van der Waals surface area contributed by atoms with Crippen molar-refractivity contribution in [1.82, 2.24) is 10.2 Å². The smallest absolute Gasteiger partial charge is 0.174 e. The molecule has 0 unspecified atom stereocenters. The lowest BCUT2D eigenvalue weighted by molar-refractivity contribution is 0.102. The number of benzene rings is 2. The summed E-state index contributed by atoms with van der Waals surface area (Å²) < 4.78 is 0.823. The molecule has 0 aliphatic rings. The molecule has 0 spiro atoms. The Morgan fingerprint density at radius 2 is 1.71 bits per heavy atom. The van der Waals surface area contributed by atoms with E-state index in [-0.39, 0.29) is 5.78 Å². The summed E-state index contributed by atoms with van der Waals surface area (Å²) in [5.41, 5.74) is 4.66. The molecule has 21 heavy (non-hydrogen) atoms. The first-order chi connectivity index (χ1) is 10.3. The quantitative estimate of drug-likeness (QED) is 0.523. The molecule has 0 amide bonds. The van der Waals surface area contributed by atoms with Gasteiger partial charge in [0.2, 0.25) is 0 Å². The van der Waals surface area contributed by atoms with Crippen molar-refractivity contribution in [3.8, 4) is 11.1 Å². The van der Waals surface area contributed by atoms with Gasteiger partial charge < -0.3 is 0 Å². The molecule has 1 aromatic heterocycles. The van der Waals surface area contributed by atoms with E-state index in [0.29, 0.717) is 5.75 Å². The van der Waals surface area contributed by atoms with Crippen LogP contribution in [0.3, 0.4) is 0 Å². The van der Waals surface area contributed by atoms with Crippen LogP contribution < -0.4 is 0 Å². The van der Waals surface area contributed by atoms with E-state index in [0.717, 1.165) is 21.0 Å². The number of nitrogens with zero attached hydrogens (tertiary/aromatic N) is 2. The molecule has 0 saturated carbocycles. The molecular formula is C16H12N2OS2. The van der Waals surface area contributed by atoms with E-state index >= 15 is 0 Å². The molecule has 0 fully saturated rings. The highest BCUT2D eigenvalue weighted by molar-refractivity contribution is 8.01. The monoisotopic (exact) mass is 312 g/mol. The summed E-state index contributed by atoms with van der Waals surface area (Å²) >= 11 is 2.87. The van der Waals surface area contributed by atoms with Gasteiger partial charge in [0, 0.05) is 5.56 Å². The van der Waals surface area contributed by atoms with Gasteiger partial charge in [0.15, 0.2) is 10.1 Å². The fourth-order valence-corrected chi connectivity index (χ4v) is 3.30.